The van der Waals surface area contributed by atoms with Crippen LogP contribution >= 0.6 is 0 Å². The van der Waals surface area contributed by atoms with Crippen molar-refractivity contribution in [2.75, 3.05) is 27.4 Å². The number of ether oxygens (including phenoxy) is 1. The molecular formula is C14H24N2O. The van der Waals surface area contributed by atoms with Crippen molar-refractivity contribution in [3.8, 4) is 5.75 Å². The number of benzene rings is 1. The Labute approximate surface area is 105 Å². The van der Waals surface area contributed by atoms with Crippen molar-refractivity contribution < 1.29 is 4.74 Å². The van der Waals surface area contributed by atoms with E-state index in [-0.39, 0.29) is 0 Å². The Balaban J connectivity index is 2.64. The molecule has 0 aliphatic heterocycles. The molecular weight excluding hydrogens is 212 g/mol. The maximum absolute atomic E-state index is 5.38. The maximum Gasteiger partial charge on any atom is 0.122 e. The molecule has 2 N–H and O–H groups in total. The van der Waals surface area contributed by atoms with E-state index in [0.29, 0.717) is 5.92 Å². The van der Waals surface area contributed by atoms with E-state index in [1.54, 1.807) is 7.11 Å². The summed E-state index contributed by atoms with van der Waals surface area (Å²) in [7, 11) is 3.67. The van der Waals surface area contributed by atoms with E-state index >= 15 is 0 Å². The molecule has 0 amide bonds. The van der Waals surface area contributed by atoms with Gasteiger partial charge in [-0.15, -0.1) is 0 Å². The summed E-state index contributed by atoms with van der Waals surface area (Å²) in [6.07, 6.45) is 1.05. The Morgan fingerprint density at radius 3 is 2.65 bits per heavy atom. The summed E-state index contributed by atoms with van der Waals surface area (Å²) in [5, 5.41) is 6.39. The van der Waals surface area contributed by atoms with Crippen LogP contribution in [0, 0.1) is 0 Å². The molecule has 3 heteroatoms. The minimum absolute atomic E-state index is 0.496. The fourth-order valence-corrected chi connectivity index (χ4v) is 1.84. The second-order valence-electron chi connectivity index (χ2n) is 4.51. The van der Waals surface area contributed by atoms with Crippen LogP contribution in [0.2, 0.25) is 0 Å². The molecule has 0 saturated carbocycles. The monoisotopic (exact) mass is 236 g/mol. The molecule has 0 radical (unpaired) electrons. The van der Waals surface area contributed by atoms with Gasteiger partial charge < -0.3 is 15.4 Å². The van der Waals surface area contributed by atoms with Crippen molar-refractivity contribution in [1.29, 1.82) is 0 Å². The first kappa shape index (κ1) is 14.0. The summed E-state index contributed by atoms with van der Waals surface area (Å²) in [5.74, 6) is 1.49. The Kier molecular flexibility index (Phi) is 6.01. The quantitative estimate of drug-likeness (QED) is 0.562. The molecule has 17 heavy (non-hydrogen) atoms. The van der Waals surface area contributed by atoms with E-state index in [2.05, 4.69) is 42.7 Å². The van der Waals surface area contributed by atoms with Crippen molar-refractivity contribution in [2.45, 2.75) is 26.2 Å². The van der Waals surface area contributed by atoms with E-state index in [4.69, 9.17) is 4.74 Å². The van der Waals surface area contributed by atoms with Gasteiger partial charge in [0.1, 0.15) is 5.75 Å². The summed E-state index contributed by atoms with van der Waals surface area (Å²) in [6, 6.07) is 6.47. The topological polar surface area (TPSA) is 33.3 Å². The van der Waals surface area contributed by atoms with Crippen LogP contribution in [0.25, 0.3) is 0 Å². The first-order valence-corrected chi connectivity index (χ1v) is 6.21. The third-order valence-electron chi connectivity index (χ3n) is 2.81. The lowest BCUT2D eigenvalue weighted by Gasteiger charge is -2.13. The molecule has 1 aromatic rings. The first-order valence-electron chi connectivity index (χ1n) is 6.21. The third kappa shape index (κ3) is 4.36. The van der Waals surface area contributed by atoms with Gasteiger partial charge in [-0.1, -0.05) is 26.0 Å². The smallest absolute Gasteiger partial charge is 0.122 e. The van der Waals surface area contributed by atoms with Gasteiger partial charge >= 0.3 is 0 Å². The maximum atomic E-state index is 5.38. The van der Waals surface area contributed by atoms with E-state index in [1.807, 2.05) is 7.05 Å². The second kappa shape index (κ2) is 7.30. The number of methoxy groups -OCH3 is 1. The lowest BCUT2D eigenvalue weighted by atomic mass is 9.98. The molecule has 0 fully saturated rings. The van der Waals surface area contributed by atoms with Crippen molar-refractivity contribution in [3.63, 3.8) is 0 Å². The van der Waals surface area contributed by atoms with Gasteiger partial charge in [-0.3, -0.25) is 0 Å². The van der Waals surface area contributed by atoms with Crippen LogP contribution in [-0.2, 0) is 6.42 Å². The van der Waals surface area contributed by atoms with Crippen LogP contribution in [0.1, 0.15) is 30.9 Å². The highest BCUT2D eigenvalue weighted by Gasteiger charge is 2.07. The molecule has 0 unspecified atom stereocenters. The molecule has 1 aromatic carbocycles. The Hall–Kier alpha value is -1.06. The van der Waals surface area contributed by atoms with Crippen LogP contribution in [0.4, 0.5) is 0 Å². The fourth-order valence-electron chi connectivity index (χ4n) is 1.84. The van der Waals surface area contributed by atoms with Crippen LogP contribution in [0.5, 0.6) is 5.75 Å². The van der Waals surface area contributed by atoms with Crippen LogP contribution in [0.15, 0.2) is 18.2 Å². The Morgan fingerprint density at radius 1 is 1.29 bits per heavy atom. The minimum Gasteiger partial charge on any atom is -0.496 e. The Bertz CT molecular complexity index is 337. The summed E-state index contributed by atoms with van der Waals surface area (Å²) in [4.78, 5) is 0. The van der Waals surface area contributed by atoms with Crippen LogP contribution in [-0.4, -0.2) is 27.4 Å². The zero-order valence-corrected chi connectivity index (χ0v) is 11.3. The predicted octanol–water partition coefficient (Wildman–Crippen LogP) is 2.13. The van der Waals surface area contributed by atoms with Crippen LogP contribution < -0.4 is 15.4 Å². The Morgan fingerprint density at radius 2 is 2.06 bits per heavy atom. The van der Waals surface area contributed by atoms with Gasteiger partial charge in [0, 0.05) is 13.2 Å². The molecule has 0 aliphatic rings. The highest BCUT2D eigenvalue weighted by molar-refractivity contribution is 5.39. The molecule has 0 heterocycles. The van der Waals surface area contributed by atoms with Gasteiger partial charge in [-0.2, -0.15) is 0 Å². The van der Waals surface area contributed by atoms with Crippen molar-refractivity contribution in [1.82, 2.24) is 10.6 Å². The molecule has 0 bridgehead atoms. The number of hydrogen-bond acceptors (Lipinski definition) is 3. The van der Waals surface area contributed by atoms with Gasteiger partial charge in [0.15, 0.2) is 0 Å². The summed E-state index contributed by atoms with van der Waals surface area (Å²) in [5.41, 5.74) is 2.65. The number of rotatable bonds is 7. The summed E-state index contributed by atoms with van der Waals surface area (Å²) in [6.45, 7) is 6.24. The summed E-state index contributed by atoms with van der Waals surface area (Å²) >= 11 is 0. The normalized spacial score (nSPS) is 10.9. The predicted molar refractivity (Wildman–Crippen MR) is 72.7 cm³/mol. The molecule has 0 saturated heterocycles. The SMILES string of the molecule is CNCNCCc1ccc(OC)c(C(C)C)c1. The van der Waals surface area contributed by atoms with E-state index in [0.717, 1.165) is 25.4 Å². The van der Waals surface area contributed by atoms with E-state index < -0.39 is 0 Å². The molecule has 1 rings (SSSR count). The molecule has 0 aliphatic carbocycles. The first-order chi connectivity index (χ1) is 8.19. The molecule has 3 nitrogen and oxygen atoms in total. The van der Waals surface area contributed by atoms with Crippen molar-refractivity contribution in [3.05, 3.63) is 29.3 Å². The minimum atomic E-state index is 0.496. The largest absolute Gasteiger partial charge is 0.496 e. The highest BCUT2D eigenvalue weighted by Crippen LogP contribution is 2.27. The van der Waals surface area contributed by atoms with Gasteiger partial charge in [-0.05, 0) is 36.6 Å². The van der Waals surface area contributed by atoms with Gasteiger partial charge in [0.05, 0.1) is 7.11 Å². The zero-order valence-electron chi connectivity index (χ0n) is 11.3. The van der Waals surface area contributed by atoms with Crippen LogP contribution in [0.3, 0.4) is 0 Å². The number of hydrogen-bond donors (Lipinski definition) is 2. The van der Waals surface area contributed by atoms with Gasteiger partial charge in [-0.25, -0.2) is 0 Å². The fraction of sp³-hybridized carbons (Fsp3) is 0.571. The second-order valence-corrected chi connectivity index (χ2v) is 4.51. The lowest BCUT2D eigenvalue weighted by Crippen LogP contribution is -2.27. The molecule has 0 aromatic heterocycles. The summed E-state index contributed by atoms with van der Waals surface area (Å²) < 4.78 is 5.38. The lowest BCUT2D eigenvalue weighted by molar-refractivity contribution is 0.407. The highest BCUT2D eigenvalue weighted by atomic mass is 16.5. The van der Waals surface area contributed by atoms with E-state index in [9.17, 15) is 0 Å². The van der Waals surface area contributed by atoms with Gasteiger partial charge in [0.2, 0.25) is 0 Å². The number of nitrogens with one attached hydrogen (secondary N) is 2. The van der Waals surface area contributed by atoms with Crippen molar-refractivity contribution >= 4 is 0 Å². The van der Waals surface area contributed by atoms with Gasteiger partial charge in [0.25, 0.3) is 0 Å². The molecule has 0 atom stereocenters. The molecule has 96 valence electrons. The van der Waals surface area contributed by atoms with E-state index in [1.165, 1.54) is 11.1 Å². The molecule has 0 spiro atoms. The third-order valence-corrected chi connectivity index (χ3v) is 2.81. The standard InChI is InChI=1S/C14H24N2O/c1-11(2)13-9-12(5-6-14(13)17-4)7-8-16-10-15-3/h5-6,9,11,15-16H,7-8,10H2,1-4H3. The van der Waals surface area contributed by atoms with Crippen molar-refractivity contribution in [2.24, 2.45) is 0 Å². The average Bonchev–Trinajstić information content (AvgIpc) is 2.34. The average molecular weight is 236 g/mol. The zero-order chi connectivity index (χ0) is 12.7.